The van der Waals surface area contributed by atoms with Gasteiger partial charge in [-0.3, -0.25) is 14.4 Å². The third-order valence-corrected chi connectivity index (χ3v) is 35.8. The van der Waals surface area contributed by atoms with E-state index < -0.39 is 0 Å². The van der Waals surface area contributed by atoms with Crippen molar-refractivity contribution in [2.24, 2.45) is 123 Å². The summed E-state index contributed by atoms with van der Waals surface area (Å²) in [6.07, 6.45) is 31.1. The van der Waals surface area contributed by atoms with Crippen molar-refractivity contribution in [3.8, 4) is 0 Å². The summed E-state index contributed by atoms with van der Waals surface area (Å²) in [6.45, 7) is 34.1. The van der Waals surface area contributed by atoms with Crippen LogP contribution in [0.3, 0.4) is 0 Å². The Balaban J connectivity index is 0.000000118. The van der Waals surface area contributed by atoms with E-state index in [0.29, 0.717) is 101 Å². The third kappa shape index (κ3) is 12.6. The molecule has 15 nitrogen and oxygen atoms in total. The molecule has 19 rings (SSSR count). The average molecular weight is 1460 g/mol. The molecule has 1 aromatic rings. The van der Waals surface area contributed by atoms with Gasteiger partial charge in [0, 0.05) is 75.8 Å². The van der Waals surface area contributed by atoms with Gasteiger partial charge in [0.05, 0.1) is 52.8 Å². The highest BCUT2D eigenvalue weighted by Gasteiger charge is 2.65. The summed E-state index contributed by atoms with van der Waals surface area (Å²) in [4.78, 5) is 55.9. The van der Waals surface area contributed by atoms with E-state index in [-0.39, 0.29) is 76.1 Å². The van der Waals surface area contributed by atoms with Crippen molar-refractivity contribution in [2.45, 2.75) is 310 Å². The summed E-state index contributed by atoms with van der Waals surface area (Å²) >= 11 is 0. The number of amides is 3. The first-order valence-corrected chi connectivity index (χ1v) is 43.8. The number of fused-ring (bicyclic) bond motifs is 18. The number of nitrogens with zero attached hydrogens (tertiary/aromatic N) is 2. The number of carbonyl (C=O) groups excluding carboxylic acids is 4. The van der Waals surface area contributed by atoms with Gasteiger partial charge in [-0.2, -0.15) is 5.06 Å². The fourth-order valence-corrected chi connectivity index (χ4v) is 29.8. The van der Waals surface area contributed by atoms with E-state index in [0.717, 1.165) is 151 Å². The van der Waals surface area contributed by atoms with Crippen LogP contribution in [0, 0.1) is 123 Å². The van der Waals surface area contributed by atoms with Gasteiger partial charge in [-0.05, 0) is 299 Å². The van der Waals surface area contributed by atoms with Gasteiger partial charge in [-0.15, -0.1) is 5.06 Å². The quantitative estimate of drug-likeness (QED) is 0.177. The number of ether oxygens (including phenoxy) is 3. The maximum absolute atomic E-state index is 13.1. The number of piperidine rings is 3. The molecule has 30 atom stereocenters. The largest absolute Gasteiger partial charge is 0.369 e. The second-order valence-electron chi connectivity index (χ2n) is 41.0. The van der Waals surface area contributed by atoms with Gasteiger partial charge in [0.25, 0.3) is 0 Å². The van der Waals surface area contributed by atoms with Crippen LogP contribution in [0.25, 0.3) is 0 Å². The highest BCUT2D eigenvalue weighted by atomic mass is 16.7. The number of allylic oxidation sites excluding steroid dienone is 3. The lowest BCUT2D eigenvalue weighted by Gasteiger charge is -2.49. The number of nitrogens with one attached hydrogen (secondary N) is 4. The van der Waals surface area contributed by atoms with E-state index in [2.05, 4.69) is 104 Å². The van der Waals surface area contributed by atoms with Crippen LogP contribution in [-0.2, 0) is 33.4 Å². The molecule has 15 fully saturated rings. The van der Waals surface area contributed by atoms with E-state index in [1.807, 2.05) is 35.4 Å². The maximum atomic E-state index is 13.1. The number of hydrogen-bond donors (Lipinski definition) is 5. The zero-order valence-electron chi connectivity index (χ0n) is 67.2. The van der Waals surface area contributed by atoms with Gasteiger partial charge in [-0.25, -0.2) is 4.79 Å². The molecule has 9 heterocycles. The summed E-state index contributed by atoms with van der Waals surface area (Å²) in [5, 5.41) is 27.9. The van der Waals surface area contributed by atoms with Crippen molar-refractivity contribution < 1.29 is 43.4 Å². The Labute approximate surface area is 636 Å². The van der Waals surface area contributed by atoms with Crippen molar-refractivity contribution in [2.75, 3.05) is 39.3 Å². The minimum Gasteiger partial charge on any atom is -0.369 e. The number of hydroxylamine groups is 4. The van der Waals surface area contributed by atoms with E-state index in [1.54, 1.807) is 38.5 Å². The Bertz CT molecular complexity index is 3630. The topological polar surface area (TPSA) is 180 Å². The Morgan fingerprint density at radius 1 is 0.481 bits per heavy atom. The summed E-state index contributed by atoms with van der Waals surface area (Å²) in [6, 6.07) is 10.1. The molecule has 0 unspecified atom stereocenters. The minimum absolute atomic E-state index is 0.0447. The number of hydrogen-bond acceptors (Lipinski definition) is 12. The van der Waals surface area contributed by atoms with Crippen LogP contribution < -0.4 is 21.3 Å². The van der Waals surface area contributed by atoms with Crippen LogP contribution in [0.5, 0.6) is 0 Å². The molecule has 3 spiro atoms. The Hall–Kier alpha value is -3.96. The highest BCUT2D eigenvalue weighted by Crippen LogP contribution is 2.68. The molecular formula is C91H136N6O9. The van der Waals surface area contributed by atoms with Gasteiger partial charge >= 0.3 is 5.97 Å². The molecule has 6 saturated carbocycles. The summed E-state index contributed by atoms with van der Waals surface area (Å²) in [7, 11) is 0. The van der Waals surface area contributed by atoms with Gasteiger partial charge in [-0.1, -0.05) is 114 Å². The lowest BCUT2D eigenvalue weighted by Crippen LogP contribution is -2.52. The van der Waals surface area contributed by atoms with Crippen molar-refractivity contribution >= 4 is 23.7 Å². The Kier molecular flexibility index (Phi) is 20.0. The highest BCUT2D eigenvalue weighted by molar-refractivity contribution is 5.89. The predicted octanol–water partition coefficient (Wildman–Crippen LogP) is 16.1. The fraction of sp³-hybridized carbons (Fsp3) is 0.824. The minimum atomic E-state index is -0.272. The van der Waals surface area contributed by atoms with Crippen LogP contribution >= 0.6 is 0 Å². The van der Waals surface area contributed by atoms with Crippen molar-refractivity contribution in [3.63, 3.8) is 0 Å². The van der Waals surface area contributed by atoms with Crippen molar-refractivity contribution in [1.29, 1.82) is 0 Å². The average Bonchev–Trinajstić information content (AvgIpc) is 1.57. The molecule has 18 aliphatic rings. The molecule has 5 N–H and O–H groups in total. The van der Waals surface area contributed by atoms with E-state index in [4.69, 9.17) is 19.0 Å². The molecule has 9 saturated heterocycles. The molecule has 0 bridgehead atoms. The molecular weight excluding hydrogens is 1320 g/mol. The van der Waals surface area contributed by atoms with Crippen molar-refractivity contribution in [3.05, 3.63) is 69.3 Å². The first-order valence-electron chi connectivity index (χ1n) is 43.8. The summed E-state index contributed by atoms with van der Waals surface area (Å²) in [5.74, 6) is 11.9. The standard InChI is InChI=1S/C35H48N2O4.C28H44N2O3.C28H44N2O2/c1-21-16-30-32(37(20-21)41-33(39)24-8-6-5-7-9-24)23(3)35(40-30)15-12-26-27-11-10-25-19-36-31(38)13-14-34(25,4)29(27)17-28(26)22(2)18-35;1-16-11-24-26(30(32)15-16)18(3)28(33-24)10-7-20-21-6-5-19-14-29-25(31)8-9-27(19,4)23(21)12-22(20)17(2)13-28;1-16-11-24-26(30-14-16)18(3)28(32-24)10-7-20-21-6-5-19-15-29-25(31)8-9-27(19,4)23(21)12-22(20)17(2)13-28/h5-9,21,23,25-27,29-30,32H,10-20H2,1-4H3,(H,36,38);16,18-21,23-24,26,32H,5-15H2,1-4H3,(H,29,31);16,18-21,23-24,26,30H,5-15H2,1-4H3,(H,29,31)/t21-,23+,25+,26-,27-,29-,30+,32-,34-,35-;2*16-,18+,19+,20-,21-,23-,24+,26-,27-,28-/m000/s1. The van der Waals surface area contributed by atoms with Gasteiger partial charge in [0.15, 0.2) is 0 Å². The van der Waals surface area contributed by atoms with Crippen LogP contribution in [-0.4, -0.2) is 132 Å². The predicted molar refractivity (Wildman–Crippen MR) is 412 cm³/mol. The van der Waals surface area contributed by atoms with E-state index >= 15 is 0 Å². The molecule has 9 aliphatic carbocycles. The molecule has 9 aliphatic heterocycles. The van der Waals surface area contributed by atoms with E-state index in [9.17, 15) is 24.4 Å². The van der Waals surface area contributed by atoms with Crippen LogP contribution in [0.15, 0.2) is 63.8 Å². The Morgan fingerprint density at radius 3 is 1.33 bits per heavy atom. The first-order chi connectivity index (χ1) is 50.7. The number of rotatable bonds is 2. The molecule has 1 aromatic carbocycles. The summed E-state index contributed by atoms with van der Waals surface area (Å²) < 4.78 is 21.1. The second kappa shape index (κ2) is 28.3. The monoisotopic (exact) mass is 1460 g/mol. The SMILES string of the molecule is CC1=C2C[C@H]3[C@@H](CC[C@@H]4CNC(=O)CC[C@@]43C)[C@@H]2CC[C@@]2(C1)O[C@@H]1C[C@H](C)CN(O)[C@H]1[C@H]2C.CC1=C2C[C@H]3[C@@H](CC[C@@H]4CNC(=O)CC[C@@]43C)[C@@H]2CC[C@@]2(C1)O[C@@H]1C[C@H](C)CN(OC(=O)c3ccccc3)[C@H]1[C@H]2C.CC1=C2C[C@H]3[C@@H](CC[C@@H]4CNC(=O)CC[C@@]43C)[C@@H]2CC[C@@]2(C1)O[C@@H]1C[C@H](C)CN[C@H]1[C@H]2C. The third-order valence-electron chi connectivity index (χ3n) is 35.8. The summed E-state index contributed by atoms with van der Waals surface area (Å²) in [5.41, 5.74) is 11.2. The molecule has 106 heavy (non-hydrogen) atoms. The van der Waals surface area contributed by atoms with Crippen LogP contribution in [0.1, 0.15) is 267 Å². The van der Waals surface area contributed by atoms with Crippen LogP contribution in [0.4, 0.5) is 0 Å². The molecule has 0 radical (unpaired) electrons. The zero-order valence-corrected chi connectivity index (χ0v) is 67.2. The van der Waals surface area contributed by atoms with Gasteiger partial charge in [0.2, 0.25) is 17.7 Å². The smallest absolute Gasteiger partial charge is 0.357 e. The maximum Gasteiger partial charge on any atom is 0.357 e. The lowest BCUT2D eigenvalue weighted by molar-refractivity contribution is -0.182. The molecule has 0 aromatic heterocycles. The van der Waals surface area contributed by atoms with Gasteiger partial charge in [0.1, 0.15) is 0 Å². The molecule has 15 heteroatoms. The Morgan fingerprint density at radius 2 is 0.877 bits per heavy atom. The molecule has 584 valence electrons. The first kappa shape index (κ1) is 74.8. The lowest BCUT2D eigenvalue weighted by atomic mass is 9.55. The normalized spacial score (nSPS) is 49.5. The van der Waals surface area contributed by atoms with Gasteiger partial charge < -0.3 is 45.5 Å². The fourth-order valence-electron chi connectivity index (χ4n) is 29.8. The van der Waals surface area contributed by atoms with E-state index in [1.165, 1.54) is 89.9 Å². The van der Waals surface area contributed by atoms with Crippen molar-refractivity contribution in [1.82, 2.24) is 31.4 Å². The zero-order chi connectivity index (χ0) is 73.9. The molecule has 3 amide bonds. The van der Waals surface area contributed by atoms with Crippen LogP contribution in [0.2, 0.25) is 0 Å². The number of carbonyl (C=O) groups is 4. The second-order valence-corrected chi connectivity index (χ2v) is 41.0. The number of benzene rings is 1.